The fourth-order valence-corrected chi connectivity index (χ4v) is 2.06. The van der Waals surface area contributed by atoms with Crippen LogP contribution in [0.4, 0.5) is 0 Å². The highest BCUT2D eigenvalue weighted by molar-refractivity contribution is 5.85. The van der Waals surface area contributed by atoms with E-state index >= 15 is 0 Å². The van der Waals surface area contributed by atoms with Gasteiger partial charge in [0.2, 0.25) is 0 Å². The molecule has 1 N–H and O–H groups in total. The standard InChI is InChI=1S/C12H20N2O.2ClH/c1-9-8-12(15-11(9)3)10(2)14-6-4-13-5-7-14;;/h8,10,13H,4-7H2,1-3H3;2*1H/t10-;;/m0../s1. The molecule has 0 aliphatic carbocycles. The van der Waals surface area contributed by atoms with Crippen LogP contribution in [-0.4, -0.2) is 31.1 Å². The van der Waals surface area contributed by atoms with Crippen LogP contribution < -0.4 is 5.32 Å². The molecule has 0 unspecified atom stereocenters. The summed E-state index contributed by atoms with van der Waals surface area (Å²) in [5.74, 6) is 2.15. The third-order valence-corrected chi connectivity index (χ3v) is 3.30. The zero-order valence-corrected chi connectivity index (χ0v) is 12.3. The molecule has 1 aliphatic rings. The molecule has 1 saturated heterocycles. The van der Waals surface area contributed by atoms with E-state index in [1.807, 2.05) is 6.92 Å². The Hall–Kier alpha value is -0.220. The smallest absolute Gasteiger partial charge is 0.121 e. The fraction of sp³-hybridized carbons (Fsp3) is 0.667. The number of nitrogens with zero attached hydrogens (tertiary/aromatic N) is 1. The summed E-state index contributed by atoms with van der Waals surface area (Å²) < 4.78 is 5.77. The minimum Gasteiger partial charge on any atom is -0.464 e. The van der Waals surface area contributed by atoms with Gasteiger partial charge < -0.3 is 9.73 Å². The Morgan fingerprint density at radius 3 is 2.29 bits per heavy atom. The van der Waals surface area contributed by atoms with Gasteiger partial charge in [-0.1, -0.05) is 0 Å². The number of halogens is 2. The Bertz CT molecular complexity index is 316. The van der Waals surface area contributed by atoms with E-state index in [4.69, 9.17) is 4.42 Å². The Balaban J connectivity index is 0.00000128. The molecule has 0 saturated carbocycles. The molecule has 0 spiro atoms. The summed E-state index contributed by atoms with van der Waals surface area (Å²) in [5.41, 5.74) is 1.26. The summed E-state index contributed by atoms with van der Waals surface area (Å²) in [6.45, 7) is 10.8. The third-order valence-electron chi connectivity index (χ3n) is 3.30. The summed E-state index contributed by atoms with van der Waals surface area (Å²) in [4.78, 5) is 2.47. The number of piperazine rings is 1. The molecule has 0 radical (unpaired) electrons. The molecule has 0 aromatic carbocycles. The van der Waals surface area contributed by atoms with Crippen LogP contribution in [0.25, 0.3) is 0 Å². The highest BCUT2D eigenvalue weighted by Crippen LogP contribution is 2.24. The van der Waals surface area contributed by atoms with Crippen molar-refractivity contribution in [1.82, 2.24) is 10.2 Å². The lowest BCUT2D eigenvalue weighted by atomic mass is 10.2. The summed E-state index contributed by atoms with van der Waals surface area (Å²) in [5, 5.41) is 3.37. The average molecular weight is 281 g/mol. The van der Waals surface area contributed by atoms with Crippen molar-refractivity contribution in [3.05, 3.63) is 23.2 Å². The van der Waals surface area contributed by atoms with E-state index in [0.29, 0.717) is 6.04 Å². The molecule has 2 heterocycles. The first-order valence-electron chi connectivity index (χ1n) is 5.70. The van der Waals surface area contributed by atoms with Gasteiger partial charge in [-0.25, -0.2) is 0 Å². The predicted molar refractivity (Wildman–Crippen MR) is 75.5 cm³/mol. The van der Waals surface area contributed by atoms with E-state index in [1.54, 1.807) is 0 Å². The molecule has 1 aromatic rings. The number of aryl methyl sites for hydroxylation is 2. The molecule has 1 aromatic heterocycles. The molecule has 100 valence electrons. The average Bonchev–Trinajstić information content (AvgIpc) is 2.59. The number of hydrogen-bond acceptors (Lipinski definition) is 3. The van der Waals surface area contributed by atoms with Gasteiger partial charge in [-0.3, -0.25) is 4.90 Å². The van der Waals surface area contributed by atoms with Gasteiger partial charge in [0.15, 0.2) is 0 Å². The fourth-order valence-electron chi connectivity index (χ4n) is 2.06. The van der Waals surface area contributed by atoms with Gasteiger partial charge in [0.1, 0.15) is 11.5 Å². The van der Waals surface area contributed by atoms with E-state index in [9.17, 15) is 0 Å². The van der Waals surface area contributed by atoms with E-state index in [0.717, 1.165) is 37.7 Å². The molecule has 5 heteroatoms. The SMILES string of the molecule is Cc1cc([C@H](C)N2CCNCC2)oc1C.Cl.Cl. The van der Waals surface area contributed by atoms with Crippen LogP contribution >= 0.6 is 24.8 Å². The van der Waals surface area contributed by atoms with Crippen molar-refractivity contribution in [2.45, 2.75) is 26.8 Å². The van der Waals surface area contributed by atoms with Crippen molar-refractivity contribution in [2.24, 2.45) is 0 Å². The summed E-state index contributed by atoms with van der Waals surface area (Å²) in [7, 11) is 0. The van der Waals surface area contributed by atoms with Gasteiger partial charge >= 0.3 is 0 Å². The topological polar surface area (TPSA) is 28.4 Å². The monoisotopic (exact) mass is 280 g/mol. The number of rotatable bonds is 2. The quantitative estimate of drug-likeness (QED) is 0.903. The third kappa shape index (κ3) is 3.88. The number of nitrogens with one attached hydrogen (secondary N) is 1. The highest BCUT2D eigenvalue weighted by Gasteiger charge is 2.20. The Morgan fingerprint density at radius 1 is 1.24 bits per heavy atom. The molecule has 0 amide bonds. The molecule has 1 atom stereocenters. The first kappa shape index (κ1) is 16.8. The lowest BCUT2D eigenvalue weighted by Gasteiger charge is -2.31. The van der Waals surface area contributed by atoms with Gasteiger partial charge in [0.25, 0.3) is 0 Å². The Morgan fingerprint density at radius 2 is 1.82 bits per heavy atom. The molecule has 3 nitrogen and oxygen atoms in total. The molecule has 2 rings (SSSR count). The van der Waals surface area contributed by atoms with Crippen LogP contribution in [-0.2, 0) is 0 Å². The van der Waals surface area contributed by atoms with Crippen LogP contribution in [0.3, 0.4) is 0 Å². The second-order valence-corrected chi connectivity index (χ2v) is 4.35. The van der Waals surface area contributed by atoms with E-state index in [2.05, 4.69) is 30.1 Å². The number of hydrogen-bond donors (Lipinski definition) is 1. The van der Waals surface area contributed by atoms with Crippen LogP contribution in [0.1, 0.15) is 30.0 Å². The lowest BCUT2D eigenvalue weighted by molar-refractivity contribution is 0.166. The maximum absolute atomic E-state index is 5.77. The zero-order valence-electron chi connectivity index (χ0n) is 10.7. The summed E-state index contributed by atoms with van der Waals surface area (Å²) in [6, 6.07) is 2.57. The first-order chi connectivity index (χ1) is 7.18. The Kier molecular flexibility index (Phi) is 7.17. The zero-order chi connectivity index (χ0) is 10.8. The maximum Gasteiger partial charge on any atom is 0.121 e. The predicted octanol–water partition coefficient (Wildman–Crippen LogP) is 2.71. The van der Waals surface area contributed by atoms with Crippen molar-refractivity contribution < 1.29 is 4.42 Å². The van der Waals surface area contributed by atoms with Crippen molar-refractivity contribution in [3.63, 3.8) is 0 Å². The first-order valence-corrected chi connectivity index (χ1v) is 5.70. The largest absolute Gasteiger partial charge is 0.464 e. The van der Waals surface area contributed by atoms with Gasteiger partial charge in [0.05, 0.1) is 6.04 Å². The summed E-state index contributed by atoms with van der Waals surface area (Å²) in [6.07, 6.45) is 0. The van der Waals surface area contributed by atoms with Crippen LogP contribution in [0, 0.1) is 13.8 Å². The van der Waals surface area contributed by atoms with Gasteiger partial charge in [0, 0.05) is 26.2 Å². The van der Waals surface area contributed by atoms with Crippen LogP contribution in [0.15, 0.2) is 10.5 Å². The molecule has 1 aliphatic heterocycles. The summed E-state index contributed by atoms with van der Waals surface area (Å²) >= 11 is 0. The normalized spacial score (nSPS) is 18.1. The minimum absolute atomic E-state index is 0. The van der Waals surface area contributed by atoms with Crippen molar-refractivity contribution in [3.8, 4) is 0 Å². The van der Waals surface area contributed by atoms with Crippen LogP contribution in [0.2, 0.25) is 0 Å². The van der Waals surface area contributed by atoms with Gasteiger partial charge in [-0.05, 0) is 32.4 Å². The van der Waals surface area contributed by atoms with Crippen molar-refractivity contribution in [1.29, 1.82) is 0 Å². The molecular formula is C12H22Cl2N2O. The van der Waals surface area contributed by atoms with Gasteiger partial charge in [-0.15, -0.1) is 24.8 Å². The van der Waals surface area contributed by atoms with Crippen molar-refractivity contribution in [2.75, 3.05) is 26.2 Å². The second kappa shape index (κ2) is 7.27. The molecule has 1 fully saturated rings. The van der Waals surface area contributed by atoms with E-state index < -0.39 is 0 Å². The molecule has 17 heavy (non-hydrogen) atoms. The van der Waals surface area contributed by atoms with E-state index in [1.165, 1.54) is 5.56 Å². The second-order valence-electron chi connectivity index (χ2n) is 4.35. The van der Waals surface area contributed by atoms with Crippen LogP contribution in [0.5, 0.6) is 0 Å². The Labute approximate surface area is 116 Å². The maximum atomic E-state index is 5.77. The molecule has 0 bridgehead atoms. The lowest BCUT2D eigenvalue weighted by Crippen LogP contribution is -2.44. The number of furan rings is 1. The van der Waals surface area contributed by atoms with E-state index in [-0.39, 0.29) is 24.8 Å². The van der Waals surface area contributed by atoms with Crippen molar-refractivity contribution >= 4 is 24.8 Å². The molecular weight excluding hydrogens is 259 g/mol. The van der Waals surface area contributed by atoms with Gasteiger partial charge in [-0.2, -0.15) is 0 Å². The minimum atomic E-state index is 0. The highest BCUT2D eigenvalue weighted by atomic mass is 35.5.